The van der Waals surface area contributed by atoms with Crippen molar-refractivity contribution in [2.75, 3.05) is 0 Å². The van der Waals surface area contributed by atoms with Gasteiger partial charge in [-0.3, -0.25) is 9.36 Å². The molecule has 3 rings (SSSR count). The lowest BCUT2D eigenvalue weighted by Gasteiger charge is -2.09. The standard InChI is InChI=1S/C15H12N4O/c1-10-9-12-13(17-10)18-14(11-5-3-2-4-6-11)19(8-7-16)15(12)20/h2-6,9,17H,8H2,1H3. The molecule has 1 N–H and O–H groups in total. The van der Waals surface area contributed by atoms with Crippen LogP contribution >= 0.6 is 0 Å². The molecule has 0 spiro atoms. The van der Waals surface area contributed by atoms with Crippen molar-refractivity contribution in [3.63, 3.8) is 0 Å². The lowest BCUT2D eigenvalue weighted by atomic mass is 10.2. The van der Waals surface area contributed by atoms with Gasteiger partial charge in [-0.05, 0) is 13.0 Å². The second-order valence-corrected chi connectivity index (χ2v) is 4.57. The largest absolute Gasteiger partial charge is 0.343 e. The number of aryl methyl sites for hydroxylation is 1. The molecule has 3 aromatic rings. The number of rotatable bonds is 2. The van der Waals surface area contributed by atoms with Crippen LogP contribution in [0, 0.1) is 18.3 Å². The van der Waals surface area contributed by atoms with Gasteiger partial charge in [0.25, 0.3) is 5.56 Å². The maximum absolute atomic E-state index is 12.5. The Kier molecular flexibility index (Phi) is 2.84. The Bertz CT molecular complexity index is 869. The van der Waals surface area contributed by atoms with Gasteiger partial charge in [0.2, 0.25) is 0 Å². The third-order valence-electron chi connectivity index (χ3n) is 3.14. The minimum absolute atomic E-state index is 0.0176. The number of nitriles is 1. The predicted octanol–water partition coefficient (Wildman–Crippen LogP) is 2.22. The van der Waals surface area contributed by atoms with Gasteiger partial charge < -0.3 is 4.98 Å². The van der Waals surface area contributed by atoms with Crippen LogP contribution in [0.3, 0.4) is 0 Å². The highest BCUT2D eigenvalue weighted by atomic mass is 16.1. The van der Waals surface area contributed by atoms with Crippen LogP contribution in [0.25, 0.3) is 22.4 Å². The first-order valence-corrected chi connectivity index (χ1v) is 6.23. The quantitative estimate of drug-likeness (QED) is 0.771. The number of aromatic amines is 1. The van der Waals surface area contributed by atoms with Crippen LogP contribution in [0.15, 0.2) is 41.2 Å². The first-order valence-electron chi connectivity index (χ1n) is 6.23. The number of aromatic nitrogens is 3. The van der Waals surface area contributed by atoms with Crippen molar-refractivity contribution in [2.45, 2.75) is 13.5 Å². The minimum Gasteiger partial charge on any atom is -0.343 e. The lowest BCUT2D eigenvalue weighted by Crippen LogP contribution is -2.22. The van der Waals surface area contributed by atoms with Crippen LogP contribution in [-0.2, 0) is 6.54 Å². The summed E-state index contributed by atoms with van der Waals surface area (Å²) >= 11 is 0. The van der Waals surface area contributed by atoms with E-state index in [4.69, 9.17) is 5.26 Å². The molecular weight excluding hydrogens is 252 g/mol. The van der Waals surface area contributed by atoms with E-state index in [1.165, 1.54) is 4.57 Å². The number of nitrogens with zero attached hydrogens (tertiary/aromatic N) is 3. The Balaban J connectivity index is 2.38. The van der Waals surface area contributed by atoms with Crippen molar-refractivity contribution in [1.82, 2.24) is 14.5 Å². The lowest BCUT2D eigenvalue weighted by molar-refractivity contribution is 0.787. The Morgan fingerprint density at radius 1 is 1.35 bits per heavy atom. The van der Waals surface area contributed by atoms with Crippen molar-refractivity contribution in [2.24, 2.45) is 0 Å². The zero-order chi connectivity index (χ0) is 14.1. The summed E-state index contributed by atoms with van der Waals surface area (Å²) in [6.45, 7) is 1.86. The average molecular weight is 264 g/mol. The molecule has 2 aromatic heterocycles. The second kappa shape index (κ2) is 4.67. The van der Waals surface area contributed by atoms with Gasteiger partial charge in [0, 0.05) is 11.3 Å². The van der Waals surface area contributed by atoms with Gasteiger partial charge in [0.15, 0.2) is 0 Å². The van der Waals surface area contributed by atoms with Crippen molar-refractivity contribution in [3.8, 4) is 17.5 Å². The van der Waals surface area contributed by atoms with Crippen LogP contribution < -0.4 is 5.56 Å². The maximum Gasteiger partial charge on any atom is 0.264 e. The van der Waals surface area contributed by atoms with E-state index in [0.717, 1.165) is 11.3 Å². The highest BCUT2D eigenvalue weighted by molar-refractivity contribution is 5.77. The number of H-pyrrole nitrogens is 1. The molecule has 0 saturated heterocycles. The molecule has 0 aliphatic heterocycles. The van der Waals surface area contributed by atoms with Crippen LogP contribution in [0.2, 0.25) is 0 Å². The van der Waals surface area contributed by atoms with Crippen molar-refractivity contribution in [1.29, 1.82) is 5.26 Å². The molecule has 0 amide bonds. The van der Waals surface area contributed by atoms with E-state index in [0.29, 0.717) is 16.9 Å². The van der Waals surface area contributed by atoms with Crippen LogP contribution in [0.4, 0.5) is 0 Å². The van der Waals surface area contributed by atoms with Gasteiger partial charge in [0.05, 0.1) is 11.5 Å². The van der Waals surface area contributed by atoms with E-state index in [1.807, 2.05) is 43.3 Å². The van der Waals surface area contributed by atoms with Gasteiger partial charge >= 0.3 is 0 Å². The maximum atomic E-state index is 12.5. The smallest absolute Gasteiger partial charge is 0.264 e. The Labute approximate surface area is 115 Å². The summed E-state index contributed by atoms with van der Waals surface area (Å²) < 4.78 is 1.41. The van der Waals surface area contributed by atoms with Gasteiger partial charge in [-0.25, -0.2) is 4.98 Å². The summed E-state index contributed by atoms with van der Waals surface area (Å²) in [5.41, 5.74) is 2.05. The zero-order valence-corrected chi connectivity index (χ0v) is 10.9. The van der Waals surface area contributed by atoms with Crippen molar-refractivity contribution in [3.05, 3.63) is 52.4 Å². The molecule has 1 aromatic carbocycles. The fourth-order valence-electron chi connectivity index (χ4n) is 2.26. The summed E-state index contributed by atoms with van der Waals surface area (Å²) in [5, 5.41) is 9.46. The number of hydrogen-bond donors (Lipinski definition) is 1. The number of hydrogen-bond acceptors (Lipinski definition) is 3. The number of benzene rings is 1. The van der Waals surface area contributed by atoms with Crippen LogP contribution in [0.1, 0.15) is 5.69 Å². The molecule has 5 nitrogen and oxygen atoms in total. The van der Waals surface area contributed by atoms with Gasteiger partial charge in [-0.2, -0.15) is 5.26 Å². The number of fused-ring (bicyclic) bond motifs is 1. The van der Waals surface area contributed by atoms with Gasteiger partial charge in [-0.1, -0.05) is 30.3 Å². The second-order valence-electron chi connectivity index (χ2n) is 4.57. The molecule has 5 heteroatoms. The van der Waals surface area contributed by atoms with Crippen LogP contribution in [0.5, 0.6) is 0 Å². The predicted molar refractivity (Wildman–Crippen MR) is 76.1 cm³/mol. The molecular formula is C15H12N4O. The Morgan fingerprint density at radius 2 is 2.10 bits per heavy atom. The number of nitrogens with one attached hydrogen (secondary N) is 1. The summed E-state index contributed by atoms with van der Waals surface area (Å²) in [6.07, 6.45) is 0. The SMILES string of the molecule is Cc1cc2c(=O)n(CC#N)c(-c3ccccc3)nc2[nH]1. The van der Waals surface area contributed by atoms with Crippen molar-refractivity contribution >= 4 is 11.0 Å². The highest BCUT2D eigenvalue weighted by Crippen LogP contribution is 2.18. The summed E-state index contributed by atoms with van der Waals surface area (Å²) in [5.74, 6) is 0.506. The van der Waals surface area contributed by atoms with E-state index in [9.17, 15) is 4.79 Å². The Hall–Kier alpha value is -2.87. The highest BCUT2D eigenvalue weighted by Gasteiger charge is 2.13. The van der Waals surface area contributed by atoms with Crippen LogP contribution in [-0.4, -0.2) is 14.5 Å². The van der Waals surface area contributed by atoms with Crippen molar-refractivity contribution < 1.29 is 0 Å². The first-order chi connectivity index (χ1) is 9.70. The third-order valence-corrected chi connectivity index (χ3v) is 3.14. The van der Waals surface area contributed by atoms with Gasteiger partial charge in [0.1, 0.15) is 18.0 Å². The Morgan fingerprint density at radius 3 is 2.80 bits per heavy atom. The average Bonchev–Trinajstić information content (AvgIpc) is 2.84. The van der Waals surface area contributed by atoms with E-state index >= 15 is 0 Å². The zero-order valence-electron chi connectivity index (χ0n) is 10.9. The fourth-order valence-corrected chi connectivity index (χ4v) is 2.26. The normalized spacial score (nSPS) is 10.6. The molecule has 0 saturated carbocycles. The van der Waals surface area contributed by atoms with Gasteiger partial charge in [-0.15, -0.1) is 0 Å². The summed E-state index contributed by atoms with van der Waals surface area (Å²) in [4.78, 5) is 20.1. The summed E-state index contributed by atoms with van der Waals surface area (Å²) in [7, 11) is 0. The first kappa shape index (κ1) is 12.2. The van der Waals surface area contributed by atoms with E-state index in [-0.39, 0.29) is 12.1 Å². The summed E-state index contributed by atoms with van der Waals surface area (Å²) in [6, 6.07) is 13.2. The molecule has 0 aliphatic rings. The van der Waals surface area contributed by atoms with E-state index in [2.05, 4.69) is 9.97 Å². The molecule has 98 valence electrons. The molecule has 0 atom stereocenters. The van der Waals surface area contributed by atoms with E-state index < -0.39 is 0 Å². The molecule has 2 heterocycles. The molecule has 0 unspecified atom stereocenters. The molecule has 0 fully saturated rings. The van der Waals surface area contributed by atoms with E-state index in [1.54, 1.807) is 6.07 Å². The topological polar surface area (TPSA) is 74.5 Å². The molecule has 20 heavy (non-hydrogen) atoms. The molecule has 0 radical (unpaired) electrons. The molecule has 0 aliphatic carbocycles. The third kappa shape index (κ3) is 1.88. The minimum atomic E-state index is -0.195. The molecule has 0 bridgehead atoms. The monoisotopic (exact) mass is 264 g/mol. The fraction of sp³-hybridized carbons (Fsp3) is 0.133.